The zero-order valence-electron chi connectivity index (χ0n) is 14.4. The monoisotopic (exact) mass is 324 g/mol. The Morgan fingerprint density at radius 1 is 1.27 bits per heavy atom. The van der Waals surface area contributed by atoms with Crippen LogP contribution < -0.4 is 0 Å². The number of hydrogen-bond acceptors (Lipinski definition) is 4. The van der Waals surface area contributed by atoms with Gasteiger partial charge in [0.05, 0.1) is 13.2 Å². The first-order chi connectivity index (χ1) is 10.2. The number of ether oxygens (including phenoxy) is 1. The lowest BCUT2D eigenvalue weighted by Crippen LogP contribution is -2.70. The fraction of sp³-hybridized carbons (Fsp3) is 0.882. The molecule has 1 spiro atoms. The molecule has 5 heteroatoms. The minimum Gasteiger partial charge on any atom is -0.468 e. The molecule has 0 N–H and O–H groups in total. The first-order valence-corrected chi connectivity index (χ1v) is 11.9. The summed E-state index contributed by atoms with van der Waals surface area (Å²) in [6, 6.07) is 0. The topological polar surface area (TPSA) is 52.6 Å². The highest BCUT2D eigenvalue weighted by Crippen LogP contribution is 2.74. The van der Waals surface area contributed by atoms with Crippen molar-refractivity contribution >= 4 is 20.1 Å². The number of esters is 1. The SMILES string of the molecule is COC(=O)[C@]12C[C@H]3C[C@@H](C)C[C@@H](O[Si](C)(C)C)[C@@]31CCC2=O. The van der Waals surface area contributed by atoms with Gasteiger partial charge in [-0.1, -0.05) is 6.92 Å². The van der Waals surface area contributed by atoms with Gasteiger partial charge in [0.15, 0.2) is 14.1 Å². The van der Waals surface area contributed by atoms with Crippen LogP contribution in [0.15, 0.2) is 0 Å². The predicted molar refractivity (Wildman–Crippen MR) is 85.8 cm³/mol. The second-order valence-electron chi connectivity index (χ2n) is 8.56. The van der Waals surface area contributed by atoms with E-state index in [4.69, 9.17) is 9.16 Å². The predicted octanol–water partition coefficient (Wildman–Crippen LogP) is 3.17. The largest absolute Gasteiger partial charge is 0.468 e. The maximum Gasteiger partial charge on any atom is 0.320 e. The molecule has 0 aliphatic heterocycles. The van der Waals surface area contributed by atoms with Crippen molar-refractivity contribution in [3.63, 3.8) is 0 Å². The summed E-state index contributed by atoms with van der Waals surface area (Å²) in [6.45, 7) is 8.83. The normalized spacial score (nSPS) is 44.0. The van der Waals surface area contributed by atoms with E-state index in [1.54, 1.807) is 0 Å². The smallest absolute Gasteiger partial charge is 0.320 e. The van der Waals surface area contributed by atoms with Crippen molar-refractivity contribution in [1.82, 2.24) is 0 Å². The molecule has 0 unspecified atom stereocenters. The van der Waals surface area contributed by atoms with Crippen LogP contribution in [-0.4, -0.2) is 33.3 Å². The quantitative estimate of drug-likeness (QED) is 0.454. The Kier molecular flexibility index (Phi) is 3.61. The third kappa shape index (κ3) is 1.91. The molecule has 3 fully saturated rings. The number of Topliss-reactive ketones (excluding diaryl/α,β-unsaturated/α-hetero) is 1. The second kappa shape index (κ2) is 4.90. The molecule has 0 saturated heterocycles. The number of hydrogen-bond donors (Lipinski definition) is 0. The molecule has 3 aliphatic carbocycles. The number of rotatable bonds is 3. The number of carbonyl (C=O) groups excluding carboxylic acids is 2. The van der Waals surface area contributed by atoms with Gasteiger partial charge in [0, 0.05) is 11.8 Å². The van der Waals surface area contributed by atoms with Crippen molar-refractivity contribution in [3.05, 3.63) is 0 Å². The van der Waals surface area contributed by atoms with E-state index in [1.807, 2.05) is 0 Å². The molecule has 0 aromatic rings. The Balaban J connectivity index is 2.03. The lowest BCUT2D eigenvalue weighted by molar-refractivity contribution is -0.224. The van der Waals surface area contributed by atoms with Crippen LogP contribution in [0.2, 0.25) is 19.6 Å². The van der Waals surface area contributed by atoms with Crippen LogP contribution in [0, 0.1) is 22.7 Å². The van der Waals surface area contributed by atoms with Crippen molar-refractivity contribution in [2.45, 2.75) is 64.8 Å². The standard InChI is InChI=1S/C17H28O4Si/c1-11-8-12-10-17(15(19)20-2)13(18)6-7-16(12,17)14(9-11)21-22(3,4)5/h11-12,14H,6-10H2,1-5H3/t11-,12-,14-,16-,17-/m1/s1. The van der Waals surface area contributed by atoms with Gasteiger partial charge in [-0.25, -0.2) is 0 Å². The van der Waals surface area contributed by atoms with E-state index in [0.29, 0.717) is 24.7 Å². The molecule has 3 rings (SSSR count). The third-order valence-corrected chi connectivity index (χ3v) is 7.22. The van der Waals surface area contributed by atoms with Crippen LogP contribution in [0.5, 0.6) is 0 Å². The Morgan fingerprint density at radius 2 is 1.95 bits per heavy atom. The fourth-order valence-electron chi connectivity index (χ4n) is 5.58. The van der Waals surface area contributed by atoms with Crippen molar-refractivity contribution in [1.29, 1.82) is 0 Å². The summed E-state index contributed by atoms with van der Waals surface area (Å²) < 4.78 is 11.6. The minimum atomic E-state index is -1.74. The van der Waals surface area contributed by atoms with Gasteiger partial charge < -0.3 is 9.16 Å². The van der Waals surface area contributed by atoms with Gasteiger partial charge in [-0.2, -0.15) is 0 Å². The first kappa shape index (κ1) is 16.2. The average Bonchev–Trinajstić information content (AvgIpc) is 2.60. The van der Waals surface area contributed by atoms with E-state index in [9.17, 15) is 9.59 Å². The highest BCUT2D eigenvalue weighted by Gasteiger charge is 2.79. The molecule has 0 bridgehead atoms. The molecule has 0 radical (unpaired) electrons. The fourth-order valence-corrected chi connectivity index (χ4v) is 6.74. The van der Waals surface area contributed by atoms with Gasteiger partial charge in [-0.15, -0.1) is 0 Å². The Morgan fingerprint density at radius 3 is 2.55 bits per heavy atom. The van der Waals surface area contributed by atoms with Crippen LogP contribution in [-0.2, 0) is 18.8 Å². The van der Waals surface area contributed by atoms with Crippen LogP contribution >= 0.6 is 0 Å². The Hall–Kier alpha value is -0.683. The van der Waals surface area contributed by atoms with Crippen molar-refractivity contribution in [3.8, 4) is 0 Å². The first-order valence-electron chi connectivity index (χ1n) is 8.47. The van der Waals surface area contributed by atoms with Crippen LogP contribution in [0.4, 0.5) is 0 Å². The number of methoxy groups -OCH3 is 1. The van der Waals surface area contributed by atoms with Gasteiger partial charge in [0.1, 0.15) is 5.41 Å². The lowest BCUT2D eigenvalue weighted by atomic mass is 9.39. The highest BCUT2D eigenvalue weighted by molar-refractivity contribution is 6.69. The van der Waals surface area contributed by atoms with Gasteiger partial charge >= 0.3 is 5.97 Å². The van der Waals surface area contributed by atoms with Crippen LogP contribution in [0.3, 0.4) is 0 Å². The van der Waals surface area contributed by atoms with E-state index in [1.165, 1.54) is 7.11 Å². The maximum absolute atomic E-state index is 12.7. The summed E-state index contributed by atoms with van der Waals surface area (Å²) in [7, 11) is -0.334. The zero-order valence-corrected chi connectivity index (χ0v) is 15.4. The van der Waals surface area contributed by atoms with E-state index in [-0.39, 0.29) is 23.3 Å². The molecule has 22 heavy (non-hydrogen) atoms. The summed E-state index contributed by atoms with van der Waals surface area (Å²) in [5, 5.41) is 0. The molecule has 0 aromatic heterocycles. The van der Waals surface area contributed by atoms with Crippen molar-refractivity contribution < 1.29 is 18.8 Å². The Labute approximate surface area is 134 Å². The van der Waals surface area contributed by atoms with Gasteiger partial charge in [-0.3, -0.25) is 9.59 Å². The van der Waals surface area contributed by atoms with Gasteiger partial charge in [0.25, 0.3) is 0 Å². The summed E-state index contributed by atoms with van der Waals surface area (Å²) in [4.78, 5) is 25.2. The lowest BCUT2D eigenvalue weighted by Gasteiger charge is -2.65. The summed E-state index contributed by atoms with van der Waals surface area (Å²) in [5.41, 5.74) is -1.19. The number of carbonyl (C=O) groups is 2. The summed E-state index contributed by atoms with van der Waals surface area (Å²) in [6.07, 6.45) is 4.09. The second-order valence-corrected chi connectivity index (χ2v) is 13.0. The summed E-state index contributed by atoms with van der Waals surface area (Å²) in [5.74, 6) is 0.811. The minimum absolute atomic E-state index is 0.0345. The molecule has 0 heterocycles. The highest BCUT2D eigenvalue weighted by atomic mass is 28.4. The maximum atomic E-state index is 12.7. The van der Waals surface area contributed by atoms with Crippen LogP contribution in [0.1, 0.15) is 39.0 Å². The molecule has 3 saturated carbocycles. The molecular weight excluding hydrogens is 296 g/mol. The molecule has 0 amide bonds. The van der Waals surface area contributed by atoms with Crippen molar-refractivity contribution in [2.75, 3.05) is 7.11 Å². The van der Waals surface area contributed by atoms with E-state index >= 15 is 0 Å². The van der Waals surface area contributed by atoms with Gasteiger partial charge in [0.2, 0.25) is 0 Å². The van der Waals surface area contributed by atoms with E-state index in [0.717, 1.165) is 19.3 Å². The average molecular weight is 324 g/mol. The third-order valence-electron chi connectivity index (χ3n) is 6.22. The van der Waals surface area contributed by atoms with Crippen molar-refractivity contribution in [2.24, 2.45) is 22.7 Å². The van der Waals surface area contributed by atoms with E-state index < -0.39 is 13.7 Å². The molecule has 124 valence electrons. The molecular formula is C17H28O4Si. The number of ketones is 1. The summed E-state index contributed by atoms with van der Waals surface area (Å²) >= 11 is 0. The van der Waals surface area contributed by atoms with Crippen LogP contribution in [0.25, 0.3) is 0 Å². The molecule has 3 aliphatic rings. The Bertz CT molecular complexity index is 511. The van der Waals surface area contributed by atoms with Gasteiger partial charge in [-0.05, 0) is 57.2 Å². The molecule has 0 aromatic carbocycles. The zero-order chi connectivity index (χ0) is 16.3. The van der Waals surface area contributed by atoms with E-state index in [2.05, 4.69) is 26.6 Å². The molecule has 5 atom stereocenters. The molecule has 4 nitrogen and oxygen atoms in total.